The quantitative estimate of drug-likeness (QED) is 0.770. The van der Waals surface area contributed by atoms with Crippen molar-refractivity contribution >= 4 is 5.78 Å². The van der Waals surface area contributed by atoms with Crippen LogP contribution in [-0.4, -0.2) is 49.8 Å². The summed E-state index contributed by atoms with van der Waals surface area (Å²) in [7, 11) is 0. The summed E-state index contributed by atoms with van der Waals surface area (Å²) in [6, 6.07) is 5.63. The maximum absolute atomic E-state index is 12.3. The van der Waals surface area contributed by atoms with Gasteiger partial charge in [0.1, 0.15) is 0 Å². The van der Waals surface area contributed by atoms with Crippen molar-refractivity contribution in [2.75, 3.05) is 33.1 Å². The average Bonchev–Trinajstić information content (AvgIpc) is 2.88. The van der Waals surface area contributed by atoms with Crippen molar-refractivity contribution in [2.45, 2.75) is 13.0 Å². The van der Waals surface area contributed by atoms with Gasteiger partial charge in [-0.05, 0) is 25.1 Å². The molecular formula is C14H17NO4. The third-order valence-corrected chi connectivity index (χ3v) is 3.55. The van der Waals surface area contributed by atoms with Crippen LogP contribution in [0.3, 0.4) is 0 Å². The maximum Gasteiger partial charge on any atom is 0.231 e. The molecule has 5 nitrogen and oxygen atoms in total. The first-order valence-corrected chi connectivity index (χ1v) is 6.48. The maximum atomic E-state index is 12.3. The molecule has 0 N–H and O–H groups in total. The molecular weight excluding hydrogens is 246 g/mol. The van der Waals surface area contributed by atoms with E-state index in [0.29, 0.717) is 36.8 Å². The van der Waals surface area contributed by atoms with Crippen LogP contribution in [-0.2, 0) is 4.74 Å². The Hall–Kier alpha value is -1.59. The Morgan fingerprint density at radius 2 is 2.21 bits per heavy atom. The van der Waals surface area contributed by atoms with Gasteiger partial charge >= 0.3 is 0 Å². The molecule has 1 unspecified atom stereocenters. The van der Waals surface area contributed by atoms with Gasteiger partial charge < -0.3 is 14.2 Å². The van der Waals surface area contributed by atoms with Crippen molar-refractivity contribution < 1.29 is 19.0 Å². The number of carbonyl (C=O) groups excluding carboxylic acids is 1. The second kappa shape index (κ2) is 5.19. The molecule has 0 spiro atoms. The number of fused-ring (bicyclic) bond motifs is 1. The molecule has 1 atom stereocenters. The van der Waals surface area contributed by atoms with Crippen LogP contribution >= 0.6 is 0 Å². The van der Waals surface area contributed by atoms with E-state index < -0.39 is 0 Å². The fraction of sp³-hybridized carbons (Fsp3) is 0.500. The summed E-state index contributed by atoms with van der Waals surface area (Å²) in [5.41, 5.74) is 0.669. The van der Waals surface area contributed by atoms with Gasteiger partial charge in [0.05, 0.1) is 19.8 Å². The van der Waals surface area contributed by atoms with Crippen LogP contribution in [0.2, 0.25) is 0 Å². The molecule has 0 saturated carbocycles. The minimum absolute atomic E-state index is 0.104. The summed E-state index contributed by atoms with van der Waals surface area (Å²) in [6.45, 7) is 4.91. The van der Waals surface area contributed by atoms with Gasteiger partial charge in [0.15, 0.2) is 17.3 Å². The number of hydrogen-bond acceptors (Lipinski definition) is 5. The number of carbonyl (C=O) groups is 1. The molecule has 102 valence electrons. The van der Waals surface area contributed by atoms with Gasteiger partial charge in [-0.2, -0.15) is 0 Å². The highest BCUT2D eigenvalue weighted by atomic mass is 16.7. The van der Waals surface area contributed by atoms with E-state index in [4.69, 9.17) is 14.2 Å². The van der Waals surface area contributed by atoms with Crippen LogP contribution in [0, 0.1) is 0 Å². The lowest BCUT2D eigenvalue weighted by Gasteiger charge is -2.32. The zero-order chi connectivity index (χ0) is 13.2. The van der Waals surface area contributed by atoms with E-state index in [-0.39, 0.29) is 18.6 Å². The number of morpholine rings is 1. The highest BCUT2D eigenvalue weighted by Gasteiger charge is 2.23. The molecule has 0 bridgehead atoms. The third kappa shape index (κ3) is 2.57. The van der Waals surface area contributed by atoms with Crippen LogP contribution in [0.4, 0.5) is 0 Å². The van der Waals surface area contributed by atoms with E-state index in [1.807, 2.05) is 0 Å². The van der Waals surface area contributed by atoms with Crippen molar-refractivity contribution in [2.24, 2.45) is 0 Å². The molecule has 3 rings (SSSR count). The molecule has 1 aromatic rings. The lowest BCUT2D eigenvalue weighted by molar-refractivity contribution is 0.00200. The lowest BCUT2D eigenvalue weighted by Crippen LogP contribution is -2.45. The van der Waals surface area contributed by atoms with Crippen molar-refractivity contribution in [1.29, 1.82) is 0 Å². The number of Topliss-reactive ketones (excluding diaryl/α,β-unsaturated/α-hetero) is 1. The van der Waals surface area contributed by atoms with Gasteiger partial charge in [0.2, 0.25) is 6.79 Å². The van der Waals surface area contributed by atoms with E-state index in [0.717, 1.165) is 6.54 Å². The normalized spacial score (nSPS) is 22.5. The Morgan fingerprint density at radius 1 is 1.37 bits per heavy atom. The zero-order valence-corrected chi connectivity index (χ0v) is 10.9. The van der Waals surface area contributed by atoms with Crippen molar-refractivity contribution in [3.63, 3.8) is 0 Å². The molecule has 0 aromatic heterocycles. The second-order valence-electron chi connectivity index (χ2n) is 4.89. The average molecular weight is 263 g/mol. The zero-order valence-electron chi connectivity index (χ0n) is 10.9. The van der Waals surface area contributed by atoms with Gasteiger partial charge in [-0.25, -0.2) is 0 Å². The van der Waals surface area contributed by atoms with Gasteiger partial charge in [-0.1, -0.05) is 0 Å². The summed E-state index contributed by atoms with van der Waals surface area (Å²) < 4.78 is 15.9. The molecule has 2 aliphatic heterocycles. The van der Waals surface area contributed by atoms with Crippen molar-refractivity contribution in [3.05, 3.63) is 23.8 Å². The number of benzene rings is 1. The predicted molar refractivity (Wildman–Crippen MR) is 68.7 cm³/mol. The van der Waals surface area contributed by atoms with Crippen LogP contribution < -0.4 is 9.47 Å². The third-order valence-electron chi connectivity index (χ3n) is 3.55. The number of hydrogen-bond donors (Lipinski definition) is 0. The Labute approximate surface area is 112 Å². The summed E-state index contributed by atoms with van der Waals surface area (Å²) in [5.74, 6) is 1.46. The van der Waals surface area contributed by atoms with Gasteiger partial charge in [0.25, 0.3) is 0 Å². The van der Waals surface area contributed by atoms with Crippen LogP contribution in [0.1, 0.15) is 17.3 Å². The minimum Gasteiger partial charge on any atom is -0.454 e. The molecule has 0 radical (unpaired) electrons. The van der Waals surface area contributed by atoms with E-state index in [9.17, 15) is 4.79 Å². The molecule has 1 aromatic carbocycles. The highest BCUT2D eigenvalue weighted by molar-refractivity contribution is 5.98. The van der Waals surface area contributed by atoms with Crippen LogP contribution in [0.15, 0.2) is 18.2 Å². The molecule has 1 saturated heterocycles. The number of nitrogens with zero attached hydrogens (tertiary/aromatic N) is 1. The first-order valence-electron chi connectivity index (χ1n) is 6.48. The summed E-state index contributed by atoms with van der Waals surface area (Å²) in [4.78, 5) is 14.4. The monoisotopic (exact) mass is 263 g/mol. The topological polar surface area (TPSA) is 48.0 Å². The SMILES string of the molecule is CC1COCCN1CC(=O)c1ccc2c(c1)OCO2. The number of ether oxygens (including phenoxy) is 3. The molecule has 2 aliphatic rings. The Balaban J connectivity index is 1.70. The Morgan fingerprint density at radius 3 is 3.05 bits per heavy atom. The van der Waals surface area contributed by atoms with Crippen molar-refractivity contribution in [3.8, 4) is 11.5 Å². The molecule has 5 heteroatoms. The van der Waals surface area contributed by atoms with Gasteiger partial charge in [-0.15, -0.1) is 0 Å². The van der Waals surface area contributed by atoms with E-state index in [1.165, 1.54) is 0 Å². The Bertz CT molecular complexity index is 488. The highest BCUT2D eigenvalue weighted by Crippen LogP contribution is 2.32. The molecule has 1 fully saturated rings. The van der Waals surface area contributed by atoms with E-state index in [1.54, 1.807) is 18.2 Å². The molecule has 19 heavy (non-hydrogen) atoms. The standard InChI is InChI=1S/C14H17NO4/c1-10-8-17-5-4-15(10)7-12(16)11-2-3-13-14(6-11)19-9-18-13/h2-3,6,10H,4-5,7-9H2,1H3. The van der Waals surface area contributed by atoms with E-state index >= 15 is 0 Å². The van der Waals surface area contributed by atoms with Gasteiger partial charge in [0, 0.05) is 18.2 Å². The second-order valence-corrected chi connectivity index (χ2v) is 4.89. The summed E-state index contributed by atoms with van der Waals surface area (Å²) in [5, 5.41) is 0. The van der Waals surface area contributed by atoms with Crippen LogP contribution in [0.25, 0.3) is 0 Å². The first kappa shape index (κ1) is 12.4. The first-order chi connectivity index (χ1) is 9.24. The smallest absolute Gasteiger partial charge is 0.231 e. The fourth-order valence-corrected chi connectivity index (χ4v) is 2.34. The minimum atomic E-state index is 0.104. The number of ketones is 1. The lowest BCUT2D eigenvalue weighted by atomic mass is 10.1. The predicted octanol–water partition coefficient (Wildman–Crippen LogP) is 1.32. The largest absolute Gasteiger partial charge is 0.454 e. The van der Waals surface area contributed by atoms with Crippen LogP contribution in [0.5, 0.6) is 11.5 Å². The summed E-state index contributed by atoms with van der Waals surface area (Å²) in [6.07, 6.45) is 0. The van der Waals surface area contributed by atoms with Crippen molar-refractivity contribution in [1.82, 2.24) is 4.90 Å². The van der Waals surface area contributed by atoms with E-state index in [2.05, 4.69) is 11.8 Å². The Kier molecular flexibility index (Phi) is 3.40. The summed E-state index contributed by atoms with van der Waals surface area (Å²) >= 11 is 0. The fourth-order valence-electron chi connectivity index (χ4n) is 2.34. The molecule has 0 aliphatic carbocycles. The molecule has 0 amide bonds. The van der Waals surface area contributed by atoms with Gasteiger partial charge in [-0.3, -0.25) is 9.69 Å². The molecule has 2 heterocycles. The number of rotatable bonds is 3.